The van der Waals surface area contributed by atoms with Crippen LogP contribution in [0.3, 0.4) is 0 Å². The molecule has 18 heavy (non-hydrogen) atoms. The number of carbonyl (C=O) groups is 2. The summed E-state index contributed by atoms with van der Waals surface area (Å²) in [4.78, 5) is 23.1. The van der Waals surface area contributed by atoms with Crippen molar-refractivity contribution in [2.75, 3.05) is 25.7 Å². The molecule has 0 aliphatic carbocycles. The lowest BCUT2D eigenvalue weighted by Crippen LogP contribution is -2.07. The van der Waals surface area contributed by atoms with Crippen molar-refractivity contribution in [1.29, 1.82) is 0 Å². The predicted molar refractivity (Wildman–Crippen MR) is 69.9 cm³/mol. The summed E-state index contributed by atoms with van der Waals surface area (Å²) < 4.78 is 9.16. The summed E-state index contributed by atoms with van der Waals surface area (Å²) in [6.07, 6.45) is 0. The highest BCUT2D eigenvalue weighted by molar-refractivity contribution is 8.00. The first kappa shape index (κ1) is 14.7. The van der Waals surface area contributed by atoms with Crippen molar-refractivity contribution in [2.24, 2.45) is 0 Å². The van der Waals surface area contributed by atoms with E-state index in [1.807, 2.05) is 0 Å². The number of carbonyl (C=O) groups excluding carboxylic acids is 2. The first-order valence-corrected chi connectivity index (χ1v) is 6.23. The fourth-order valence-corrected chi connectivity index (χ4v) is 2.48. The van der Waals surface area contributed by atoms with Crippen LogP contribution in [0.4, 0.5) is 5.69 Å². The topological polar surface area (TPSA) is 78.6 Å². The highest BCUT2D eigenvalue weighted by Crippen LogP contribution is 2.33. The van der Waals surface area contributed by atoms with E-state index in [1.165, 1.54) is 26.4 Å². The van der Waals surface area contributed by atoms with Gasteiger partial charge in [0, 0.05) is 10.6 Å². The van der Waals surface area contributed by atoms with E-state index in [4.69, 9.17) is 17.3 Å². The van der Waals surface area contributed by atoms with Crippen LogP contribution < -0.4 is 5.73 Å². The Labute approximate surface area is 114 Å². The maximum absolute atomic E-state index is 11.6. The van der Waals surface area contributed by atoms with Crippen molar-refractivity contribution in [3.63, 3.8) is 0 Å². The van der Waals surface area contributed by atoms with E-state index in [0.717, 1.165) is 11.8 Å². The van der Waals surface area contributed by atoms with E-state index >= 15 is 0 Å². The molecule has 0 spiro atoms. The summed E-state index contributed by atoms with van der Waals surface area (Å²) in [6.45, 7) is 0. The van der Waals surface area contributed by atoms with Gasteiger partial charge in [0.25, 0.3) is 0 Å². The largest absolute Gasteiger partial charge is 0.468 e. The molecule has 1 aromatic carbocycles. The highest BCUT2D eigenvalue weighted by Gasteiger charge is 2.17. The average molecular weight is 290 g/mol. The van der Waals surface area contributed by atoms with Gasteiger partial charge in [-0.25, -0.2) is 4.79 Å². The smallest absolute Gasteiger partial charge is 0.339 e. The van der Waals surface area contributed by atoms with Gasteiger partial charge in [0.15, 0.2) is 0 Å². The number of methoxy groups -OCH3 is 2. The lowest BCUT2D eigenvalue weighted by atomic mass is 10.2. The maximum atomic E-state index is 11.6. The molecule has 0 unspecified atom stereocenters. The van der Waals surface area contributed by atoms with Gasteiger partial charge in [-0.2, -0.15) is 0 Å². The molecule has 1 aromatic rings. The van der Waals surface area contributed by atoms with E-state index in [0.29, 0.717) is 15.6 Å². The van der Waals surface area contributed by atoms with Gasteiger partial charge >= 0.3 is 11.9 Å². The van der Waals surface area contributed by atoms with Crippen LogP contribution in [0.1, 0.15) is 10.4 Å². The SMILES string of the molecule is COC(=O)CSc1c(Cl)cc(N)cc1C(=O)OC. The molecule has 0 saturated heterocycles. The average Bonchev–Trinajstić information content (AvgIpc) is 2.35. The van der Waals surface area contributed by atoms with Crippen LogP contribution in [0.5, 0.6) is 0 Å². The quantitative estimate of drug-likeness (QED) is 0.519. The first-order chi connectivity index (χ1) is 8.49. The minimum Gasteiger partial charge on any atom is -0.468 e. The van der Waals surface area contributed by atoms with Crippen molar-refractivity contribution in [3.8, 4) is 0 Å². The van der Waals surface area contributed by atoms with E-state index in [2.05, 4.69) is 9.47 Å². The molecule has 1 rings (SSSR count). The Morgan fingerprint density at radius 2 is 2.00 bits per heavy atom. The highest BCUT2D eigenvalue weighted by atomic mass is 35.5. The van der Waals surface area contributed by atoms with Gasteiger partial charge in [-0.3, -0.25) is 4.79 Å². The zero-order valence-corrected chi connectivity index (χ0v) is 11.4. The number of nitrogens with two attached hydrogens (primary N) is 1. The number of ether oxygens (including phenoxy) is 2. The molecular formula is C11H12ClNO4S. The van der Waals surface area contributed by atoms with Gasteiger partial charge in [-0.05, 0) is 12.1 Å². The third kappa shape index (κ3) is 3.54. The van der Waals surface area contributed by atoms with Crippen LogP contribution in [0.15, 0.2) is 17.0 Å². The molecule has 0 aromatic heterocycles. The molecule has 0 bridgehead atoms. The molecule has 0 saturated carbocycles. The van der Waals surface area contributed by atoms with Gasteiger partial charge in [-0.15, -0.1) is 11.8 Å². The van der Waals surface area contributed by atoms with Crippen molar-refractivity contribution < 1.29 is 19.1 Å². The number of anilines is 1. The third-order valence-corrected chi connectivity index (χ3v) is 3.55. The fraction of sp³-hybridized carbons (Fsp3) is 0.273. The number of benzene rings is 1. The van der Waals surface area contributed by atoms with Gasteiger partial charge in [0.1, 0.15) is 0 Å². The molecule has 5 nitrogen and oxygen atoms in total. The zero-order chi connectivity index (χ0) is 13.7. The lowest BCUT2D eigenvalue weighted by molar-refractivity contribution is -0.137. The minimum absolute atomic E-state index is 0.0458. The molecule has 0 heterocycles. The standard InChI is InChI=1S/C11H12ClNO4S/c1-16-9(14)5-18-10-7(11(15)17-2)3-6(13)4-8(10)12/h3-4H,5,13H2,1-2H3. The van der Waals surface area contributed by atoms with Crippen LogP contribution in [-0.4, -0.2) is 31.9 Å². The molecule has 2 N–H and O–H groups in total. The normalized spacial score (nSPS) is 9.94. The number of thioether (sulfide) groups is 1. The minimum atomic E-state index is -0.559. The Bertz CT molecular complexity index is 478. The first-order valence-electron chi connectivity index (χ1n) is 4.86. The molecule has 0 fully saturated rings. The molecule has 0 atom stereocenters. The molecular weight excluding hydrogens is 278 g/mol. The van der Waals surface area contributed by atoms with Crippen LogP contribution >= 0.6 is 23.4 Å². The van der Waals surface area contributed by atoms with Gasteiger partial charge in [0.2, 0.25) is 0 Å². The van der Waals surface area contributed by atoms with Crippen LogP contribution in [0.25, 0.3) is 0 Å². The summed E-state index contributed by atoms with van der Waals surface area (Å²) in [7, 11) is 2.54. The van der Waals surface area contributed by atoms with Gasteiger partial charge in [0.05, 0.1) is 30.6 Å². The second-order valence-electron chi connectivity index (χ2n) is 3.24. The second-order valence-corrected chi connectivity index (χ2v) is 4.63. The van der Waals surface area contributed by atoms with Crippen LogP contribution in [0, 0.1) is 0 Å². The number of halogens is 1. The molecule has 0 aliphatic heterocycles. The predicted octanol–water partition coefficient (Wildman–Crippen LogP) is 1.97. The van der Waals surface area contributed by atoms with Crippen LogP contribution in [-0.2, 0) is 14.3 Å². The second kappa shape index (κ2) is 6.51. The Morgan fingerprint density at radius 3 is 2.56 bits per heavy atom. The Kier molecular flexibility index (Phi) is 5.30. The summed E-state index contributed by atoms with van der Waals surface area (Å²) in [5.74, 6) is -0.926. The van der Waals surface area contributed by atoms with Gasteiger partial charge in [-0.1, -0.05) is 11.6 Å². The monoisotopic (exact) mass is 289 g/mol. The van der Waals surface area contributed by atoms with Crippen LogP contribution in [0.2, 0.25) is 5.02 Å². The number of esters is 2. The van der Waals surface area contributed by atoms with E-state index in [9.17, 15) is 9.59 Å². The van der Waals surface area contributed by atoms with Crippen molar-refractivity contribution in [1.82, 2.24) is 0 Å². The van der Waals surface area contributed by atoms with Crippen molar-refractivity contribution in [3.05, 3.63) is 22.7 Å². The molecule has 0 amide bonds. The van der Waals surface area contributed by atoms with Crippen molar-refractivity contribution in [2.45, 2.75) is 4.90 Å². The molecule has 98 valence electrons. The zero-order valence-electron chi connectivity index (χ0n) is 9.86. The van der Waals surface area contributed by atoms with E-state index < -0.39 is 11.9 Å². The summed E-state index contributed by atoms with van der Waals surface area (Å²) >= 11 is 7.10. The summed E-state index contributed by atoms with van der Waals surface area (Å²) in [5.41, 5.74) is 6.19. The lowest BCUT2D eigenvalue weighted by Gasteiger charge is -2.10. The number of rotatable bonds is 4. The van der Waals surface area contributed by atoms with E-state index in [-0.39, 0.29) is 11.3 Å². The molecule has 0 aliphatic rings. The Hall–Kier alpha value is -1.40. The number of nitrogen functional groups attached to an aromatic ring is 1. The van der Waals surface area contributed by atoms with E-state index in [1.54, 1.807) is 0 Å². The van der Waals surface area contributed by atoms with Gasteiger partial charge < -0.3 is 15.2 Å². The number of hydrogen-bond acceptors (Lipinski definition) is 6. The molecule has 7 heteroatoms. The summed E-state index contributed by atoms with van der Waals surface area (Å²) in [6, 6.07) is 2.96. The molecule has 0 radical (unpaired) electrons. The maximum Gasteiger partial charge on any atom is 0.339 e. The fourth-order valence-electron chi connectivity index (χ4n) is 1.21. The Balaban J connectivity index is 3.07. The third-order valence-electron chi connectivity index (χ3n) is 2.03. The summed E-state index contributed by atoms with van der Waals surface area (Å²) in [5, 5.41) is 0.296. The number of hydrogen-bond donors (Lipinski definition) is 1. The Morgan fingerprint density at radius 1 is 1.33 bits per heavy atom. The van der Waals surface area contributed by atoms with Crippen molar-refractivity contribution >= 4 is 41.0 Å².